The summed E-state index contributed by atoms with van der Waals surface area (Å²) in [6.45, 7) is 1.92. The van der Waals surface area contributed by atoms with Crippen LogP contribution in [0.4, 0.5) is 0 Å². The molecule has 3 nitrogen and oxygen atoms in total. The first kappa shape index (κ1) is 19.9. The molecule has 16 heavy (non-hydrogen) atoms. The summed E-state index contributed by atoms with van der Waals surface area (Å²) in [5, 5.41) is 0. The third-order valence-corrected chi connectivity index (χ3v) is 3.62. The van der Waals surface area contributed by atoms with Crippen LogP contribution in [0.5, 0.6) is 0 Å². The molecule has 0 unspecified atom stereocenters. The van der Waals surface area contributed by atoms with E-state index in [1.807, 2.05) is 0 Å². The minimum Gasteiger partial charge on any atom is -0.780 e. The van der Waals surface area contributed by atoms with E-state index in [1.54, 1.807) is 0 Å². The van der Waals surface area contributed by atoms with Crippen molar-refractivity contribution in [2.24, 2.45) is 0 Å². The molecule has 0 rings (SSSR count). The molecule has 0 bridgehead atoms. The maximum absolute atomic E-state index is 11.5. The van der Waals surface area contributed by atoms with Crippen LogP contribution < -0.4 is 34.5 Å². The van der Waals surface area contributed by atoms with Crippen LogP contribution >= 0.6 is 6.72 Å². The Morgan fingerprint density at radius 1 is 0.938 bits per heavy atom. The molecule has 0 atom stereocenters. The van der Waals surface area contributed by atoms with Crippen LogP contribution in [0, 0.1) is 0 Å². The third kappa shape index (κ3) is 13.6. The standard InChI is InChI=1S/C10H23O3PS.Na/c1-3-5-7-9-12-14(11,15)13-10-8-6-4-2;/h3-10H2,1-2H3,(H,11,15);/q;+1/p-1. The topological polar surface area (TPSA) is 41.5 Å². The third-order valence-electron chi connectivity index (χ3n) is 1.99. The number of rotatable bonds is 10. The monoisotopic (exact) mass is 276 g/mol. The van der Waals surface area contributed by atoms with E-state index < -0.39 is 6.72 Å². The van der Waals surface area contributed by atoms with Crippen LogP contribution in [-0.4, -0.2) is 13.2 Å². The summed E-state index contributed by atoms with van der Waals surface area (Å²) in [6, 6.07) is 0. The molecule has 0 spiro atoms. The van der Waals surface area contributed by atoms with E-state index in [2.05, 4.69) is 13.8 Å². The normalized spacial score (nSPS) is 11.2. The molecule has 0 heterocycles. The fourth-order valence-electron chi connectivity index (χ4n) is 1.09. The molecule has 0 aromatic carbocycles. The second-order valence-electron chi connectivity index (χ2n) is 3.53. The fourth-order valence-corrected chi connectivity index (χ4v) is 2.32. The van der Waals surface area contributed by atoms with E-state index in [-0.39, 0.29) is 29.6 Å². The van der Waals surface area contributed by atoms with Crippen molar-refractivity contribution >= 4 is 18.5 Å². The van der Waals surface area contributed by atoms with Crippen molar-refractivity contribution in [1.82, 2.24) is 0 Å². The summed E-state index contributed by atoms with van der Waals surface area (Å²) < 4.78 is 10.1. The molecule has 0 N–H and O–H groups in total. The smallest absolute Gasteiger partial charge is 0.780 e. The van der Waals surface area contributed by atoms with Gasteiger partial charge in [-0.3, -0.25) is 0 Å². The van der Waals surface area contributed by atoms with Gasteiger partial charge in [0, 0.05) is 0 Å². The average molecular weight is 276 g/mol. The van der Waals surface area contributed by atoms with Crippen LogP contribution in [0.3, 0.4) is 0 Å². The van der Waals surface area contributed by atoms with E-state index in [0.29, 0.717) is 13.2 Å². The van der Waals surface area contributed by atoms with Crippen molar-refractivity contribution in [3.05, 3.63) is 0 Å². The Labute approximate surface area is 127 Å². The largest absolute Gasteiger partial charge is 1.00 e. The maximum Gasteiger partial charge on any atom is 1.00 e. The van der Waals surface area contributed by atoms with Crippen molar-refractivity contribution in [2.45, 2.75) is 52.4 Å². The van der Waals surface area contributed by atoms with E-state index >= 15 is 0 Å². The zero-order valence-electron chi connectivity index (χ0n) is 10.7. The van der Waals surface area contributed by atoms with Gasteiger partial charge in [0.15, 0.2) is 0 Å². The summed E-state index contributed by atoms with van der Waals surface area (Å²) in [5.41, 5.74) is 0. The van der Waals surface area contributed by atoms with Crippen LogP contribution in [0.1, 0.15) is 52.4 Å². The number of hydrogen-bond donors (Lipinski definition) is 0. The SMILES string of the molecule is CCCCCOP([O-])(=S)OCCCCC.[Na+]. The average Bonchev–Trinajstić information content (AvgIpc) is 2.20. The van der Waals surface area contributed by atoms with Gasteiger partial charge in [-0.1, -0.05) is 51.3 Å². The zero-order valence-corrected chi connectivity index (χ0v) is 14.4. The summed E-state index contributed by atoms with van der Waals surface area (Å²) in [5.74, 6) is 0. The van der Waals surface area contributed by atoms with Crippen LogP contribution in [-0.2, 0) is 20.9 Å². The van der Waals surface area contributed by atoms with E-state index in [1.165, 1.54) is 0 Å². The summed E-state index contributed by atoms with van der Waals surface area (Å²) in [4.78, 5) is 11.5. The predicted octanol–water partition coefficient (Wildman–Crippen LogP) is -0.0112. The molecule has 0 radical (unpaired) electrons. The molecule has 0 aliphatic heterocycles. The van der Waals surface area contributed by atoms with Crippen LogP contribution in [0.15, 0.2) is 0 Å². The van der Waals surface area contributed by atoms with Crippen molar-refractivity contribution in [3.8, 4) is 0 Å². The molecule has 0 aromatic heterocycles. The second kappa shape index (κ2) is 13.0. The van der Waals surface area contributed by atoms with Gasteiger partial charge in [0.25, 0.3) is 0 Å². The van der Waals surface area contributed by atoms with Gasteiger partial charge in [0.1, 0.15) is 6.72 Å². The van der Waals surface area contributed by atoms with Gasteiger partial charge in [0.05, 0.1) is 13.2 Å². The van der Waals surface area contributed by atoms with Gasteiger partial charge in [-0.25, -0.2) is 0 Å². The quantitative estimate of drug-likeness (QED) is 0.320. The Bertz CT molecular complexity index is 177. The molecule has 0 aliphatic rings. The molecule has 0 aliphatic carbocycles. The fraction of sp³-hybridized carbons (Fsp3) is 1.00. The first-order valence-corrected chi connectivity index (χ1v) is 8.28. The van der Waals surface area contributed by atoms with Gasteiger partial charge in [-0.2, -0.15) is 0 Å². The molecular weight excluding hydrogens is 254 g/mol. The van der Waals surface area contributed by atoms with E-state index in [4.69, 9.17) is 20.9 Å². The molecule has 0 amide bonds. The van der Waals surface area contributed by atoms with Gasteiger partial charge in [0.2, 0.25) is 0 Å². The van der Waals surface area contributed by atoms with Crippen molar-refractivity contribution in [2.75, 3.05) is 13.2 Å². The first-order valence-electron chi connectivity index (χ1n) is 5.72. The number of unbranched alkanes of at least 4 members (excludes halogenated alkanes) is 4. The maximum atomic E-state index is 11.5. The minimum atomic E-state index is -3.19. The Morgan fingerprint density at radius 3 is 1.62 bits per heavy atom. The summed E-state index contributed by atoms with van der Waals surface area (Å²) >= 11 is 4.75. The predicted molar refractivity (Wildman–Crippen MR) is 65.2 cm³/mol. The molecule has 0 saturated carbocycles. The Morgan fingerprint density at radius 2 is 1.31 bits per heavy atom. The Hall–Kier alpha value is 1.53. The van der Waals surface area contributed by atoms with Gasteiger partial charge in [-0.15, -0.1) is 0 Å². The van der Waals surface area contributed by atoms with Crippen molar-refractivity contribution < 1.29 is 43.5 Å². The van der Waals surface area contributed by atoms with Gasteiger partial charge >= 0.3 is 29.6 Å². The Kier molecular flexibility index (Phi) is 16.1. The van der Waals surface area contributed by atoms with Crippen LogP contribution in [0.2, 0.25) is 0 Å². The molecular formula is C10H22NaO3PS. The molecule has 0 fully saturated rings. The molecule has 0 saturated heterocycles. The van der Waals surface area contributed by atoms with Crippen molar-refractivity contribution in [3.63, 3.8) is 0 Å². The second-order valence-corrected chi connectivity index (χ2v) is 6.28. The summed E-state index contributed by atoms with van der Waals surface area (Å²) in [7, 11) is 0. The van der Waals surface area contributed by atoms with Crippen molar-refractivity contribution in [1.29, 1.82) is 0 Å². The molecule has 0 aromatic rings. The molecule has 92 valence electrons. The van der Waals surface area contributed by atoms with Crippen LogP contribution in [0.25, 0.3) is 0 Å². The van der Waals surface area contributed by atoms with E-state index in [9.17, 15) is 4.89 Å². The zero-order chi connectivity index (χ0) is 11.6. The van der Waals surface area contributed by atoms with Gasteiger partial charge < -0.3 is 13.9 Å². The van der Waals surface area contributed by atoms with E-state index in [0.717, 1.165) is 38.5 Å². The number of hydrogen-bond acceptors (Lipinski definition) is 4. The minimum absolute atomic E-state index is 0. The molecule has 6 heteroatoms. The first-order chi connectivity index (χ1) is 7.12. The summed E-state index contributed by atoms with van der Waals surface area (Å²) in [6.07, 6.45) is 6.17. The van der Waals surface area contributed by atoms with Gasteiger partial charge in [-0.05, 0) is 12.8 Å². The Balaban J connectivity index is 0.